The second-order valence-electron chi connectivity index (χ2n) is 5.25. The molecule has 1 aromatic carbocycles. The summed E-state index contributed by atoms with van der Waals surface area (Å²) in [4.78, 5) is 14.3. The lowest BCUT2D eigenvalue weighted by Crippen LogP contribution is -2.35. The Balaban J connectivity index is 1.80. The first-order valence-electron chi connectivity index (χ1n) is 7.27. The second kappa shape index (κ2) is 5.99. The summed E-state index contributed by atoms with van der Waals surface area (Å²) in [5.74, 6) is 0.816. The summed E-state index contributed by atoms with van der Waals surface area (Å²) in [6, 6.07) is 9.47. The van der Waals surface area contributed by atoms with Crippen molar-refractivity contribution in [2.75, 3.05) is 20.2 Å². The van der Waals surface area contributed by atoms with Gasteiger partial charge in [0, 0.05) is 18.7 Å². The molecular formula is C16H19N3O2. The number of piperidine rings is 1. The van der Waals surface area contributed by atoms with Crippen molar-refractivity contribution in [3.63, 3.8) is 0 Å². The molecule has 1 N–H and O–H groups in total. The van der Waals surface area contributed by atoms with Crippen molar-refractivity contribution < 1.29 is 9.53 Å². The number of ether oxygens (including phenoxy) is 1. The summed E-state index contributed by atoms with van der Waals surface area (Å²) in [5.41, 5.74) is 2.24. The highest BCUT2D eigenvalue weighted by molar-refractivity contribution is 5.93. The molecule has 5 heteroatoms. The molecular weight excluding hydrogens is 266 g/mol. The van der Waals surface area contributed by atoms with Crippen LogP contribution in [0.25, 0.3) is 11.3 Å². The topological polar surface area (TPSA) is 58.2 Å². The average Bonchev–Trinajstić information content (AvgIpc) is 3.05. The molecule has 3 rings (SSSR count). The fourth-order valence-electron chi connectivity index (χ4n) is 2.63. The molecule has 1 aromatic heterocycles. The van der Waals surface area contributed by atoms with Crippen molar-refractivity contribution in [1.82, 2.24) is 15.1 Å². The molecule has 1 aliphatic heterocycles. The van der Waals surface area contributed by atoms with Crippen molar-refractivity contribution in [3.05, 3.63) is 36.0 Å². The van der Waals surface area contributed by atoms with Crippen LogP contribution in [0.5, 0.6) is 5.75 Å². The van der Waals surface area contributed by atoms with E-state index in [2.05, 4.69) is 10.2 Å². The van der Waals surface area contributed by atoms with Crippen LogP contribution < -0.4 is 4.74 Å². The predicted octanol–water partition coefficient (Wildman–Crippen LogP) is 2.71. The van der Waals surface area contributed by atoms with E-state index in [4.69, 9.17) is 4.74 Å². The molecule has 2 heterocycles. The van der Waals surface area contributed by atoms with E-state index in [1.165, 1.54) is 6.42 Å². The minimum atomic E-state index is 0.0383. The highest BCUT2D eigenvalue weighted by atomic mass is 16.5. The molecule has 0 aliphatic carbocycles. The third-order valence-electron chi connectivity index (χ3n) is 3.82. The number of rotatable bonds is 3. The number of nitrogens with one attached hydrogen (secondary N) is 1. The lowest BCUT2D eigenvalue weighted by Gasteiger charge is -2.25. The molecule has 1 fully saturated rings. The van der Waals surface area contributed by atoms with Gasteiger partial charge in [-0.15, -0.1) is 0 Å². The van der Waals surface area contributed by atoms with E-state index in [1.54, 1.807) is 7.11 Å². The maximum atomic E-state index is 12.4. The van der Waals surface area contributed by atoms with E-state index in [0.717, 1.165) is 42.9 Å². The van der Waals surface area contributed by atoms with Crippen LogP contribution in [-0.2, 0) is 0 Å². The molecule has 0 atom stereocenters. The van der Waals surface area contributed by atoms with Crippen molar-refractivity contribution in [3.8, 4) is 17.0 Å². The van der Waals surface area contributed by atoms with Crippen LogP contribution in [0.15, 0.2) is 30.3 Å². The molecule has 110 valence electrons. The standard InChI is InChI=1S/C16H19N3O2/c1-21-13-7-5-6-12(10-13)14-11-15(18-17-14)16(20)19-8-3-2-4-9-19/h5-7,10-11H,2-4,8-9H2,1H3,(H,17,18). The summed E-state index contributed by atoms with van der Waals surface area (Å²) in [5, 5.41) is 7.11. The van der Waals surface area contributed by atoms with Crippen LogP contribution in [0.4, 0.5) is 0 Å². The molecule has 0 unspecified atom stereocenters. The van der Waals surface area contributed by atoms with E-state index < -0.39 is 0 Å². The van der Waals surface area contributed by atoms with Crippen molar-refractivity contribution in [1.29, 1.82) is 0 Å². The number of carbonyl (C=O) groups excluding carboxylic acids is 1. The fourth-order valence-corrected chi connectivity index (χ4v) is 2.63. The monoisotopic (exact) mass is 285 g/mol. The summed E-state index contributed by atoms with van der Waals surface area (Å²) in [6.45, 7) is 1.68. The zero-order chi connectivity index (χ0) is 14.7. The van der Waals surface area contributed by atoms with Gasteiger partial charge in [0.1, 0.15) is 11.4 Å². The van der Waals surface area contributed by atoms with Crippen molar-refractivity contribution in [2.45, 2.75) is 19.3 Å². The molecule has 5 nitrogen and oxygen atoms in total. The molecule has 0 saturated carbocycles. The third-order valence-corrected chi connectivity index (χ3v) is 3.82. The molecule has 1 saturated heterocycles. The van der Waals surface area contributed by atoms with Gasteiger partial charge in [-0.3, -0.25) is 9.89 Å². The van der Waals surface area contributed by atoms with Gasteiger partial charge in [-0.25, -0.2) is 0 Å². The van der Waals surface area contributed by atoms with Gasteiger partial charge >= 0.3 is 0 Å². The highest BCUT2D eigenvalue weighted by Gasteiger charge is 2.20. The summed E-state index contributed by atoms with van der Waals surface area (Å²) < 4.78 is 5.21. The Morgan fingerprint density at radius 3 is 2.81 bits per heavy atom. The van der Waals surface area contributed by atoms with E-state index in [0.29, 0.717) is 5.69 Å². The Morgan fingerprint density at radius 2 is 2.05 bits per heavy atom. The first-order chi connectivity index (χ1) is 10.3. The number of carbonyl (C=O) groups is 1. The SMILES string of the molecule is COc1cccc(-c2cc(C(=O)N3CCCCC3)[nH]n2)c1. The molecule has 21 heavy (non-hydrogen) atoms. The quantitative estimate of drug-likeness (QED) is 0.943. The summed E-state index contributed by atoms with van der Waals surface area (Å²) in [7, 11) is 1.63. The normalized spacial score (nSPS) is 15.0. The van der Waals surface area contributed by atoms with Crippen LogP contribution in [0.2, 0.25) is 0 Å². The Kier molecular flexibility index (Phi) is 3.90. The first kappa shape index (κ1) is 13.7. The first-order valence-corrected chi connectivity index (χ1v) is 7.27. The largest absolute Gasteiger partial charge is 0.497 e. The van der Waals surface area contributed by atoms with Gasteiger partial charge < -0.3 is 9.64 Å². The summed E-state index contributed by atoms with van der Waals surface area (Å²) >= 11 is 0. The Labute approximate surface area is 123 Å². The molecule has 0 spiro atoms. The summed E-state index contributed by atoms with van der Waals surface area (Å²) in [6.07, 6.45) is 3.38. The number of aromatic amines is 1. The number of likely N-dealkylation sites (tertiary alicyclic amines) is 1. The molecule has 1 amide bonds. The second-order valence-corrected chi connectivity index (χ2v) is 5.25. The van der Waals surface area contributed by atoms with Crippen molar-refractivity contribution in [2.24, 2.45) is 0 Å². The number of amides is 1. The average molecular weight is 285 g/mol. The Morgan fingerprint density at radius 1 is 1.24 bits per heavy atom. The zero-order valence-electron chi connectivity index (χ0n) is 12.1. The van der Waals surface area contributed by atoms with E-state index in [9.17, 15) is 4.79 Å². The smallest absolute Gasteiger partial charge is 0.271 e. The fraction of sp³-hybridized carbons (Fsp3) is 0.375. The Hall–Kier alpha value is -2.30. The van der Waals surface area contributed by atoms with E-state index in [1.807, 2.05) is 35.2 Å². The maximum absolute atomic E-state index is 12.4. The Bertz CT molecular complexity index is 630. The van der Waals surface area contributed by atoms with Crippen LogP contribution >= 0.6 is 0 Å². The molecule has 2 aromatic rings. The highest BCUT2D eigenvalue weighted by Crippen LogP contribution is 2.23. The van der Waals surface area contributed by atoms with Gasteiger partial charge in [-0.1, -0.05) is 12.1 Å². The van der Waals surface area contributed by atoms with Crippen LogP contribution in [0.3, 0.4) is 0 Å². The zero-order valence-corrected chi connectivity index (χ0v) is 12.1. The third kappa shape index (κ3) is 2.91. The number of methoxy groups -OCH3 is 1. The van der Waals surface area contributed by atoms with Crippen LogP contribution in [0, 0.1) is 0 Å². The number of nitrogens with zero attached hydrogens (tertiary/aromatic N) is 2. The molecule has 0 radical (unpaired) electrons. The lowest BCUT2D eigenvalue weighted by atomic mass is 10.1. The van der Waals surface area contributed by atoms with Crippen molar-refractivity contribution >= 4 is 5.91 Å². The minimum Gasteiger partial charge on any atom is -0.497 e. The molecule has 1 aliphatic rings. The maximum Gasteiger partial charge on any atom is 0.271 e. The molecule has 0 bridgehead atoms. The van der Waals surface area contributed by atoms with Crippen LogP contribution in [-0.4, -0.2) is 41.2 Å². The van der Waals surface area contributed by atoms with Gasteiger partial charge in [0.2, 0.25) is 0 Å². The van der Waals surface area contributed by atoms with Gasteiger partial charge in [-0.2, -0.15) is 5.10 Å². The van der Waals surface area contributed by atoms with E-state index in [-0.39, 0.29) is 5.91 Å². The number of aromatic nitrogens is 2. The number of benzene rings is 1. The van der Waals surface area contributed by atoms with Gasteiger partial charge in [0.05, 0.1) is 12.8 Å². The number of hydrogen-bond acceptors (Lipinski definition) is 3. The van der Waals surface area contributed by atoms with E-state index >= 15 is 0 Å². The van der Waals surface area contributed by atoms with Crippen LogP contribution in [0.1, 0.15) is 29.8 Å². The predicted molar refractivity (Wildman–Crippen MR) is 80.3 cm³/mol. The minimum absolute atomic E-state index is 0.0383. The number of hydrogen-bond donors (Lipinski definition) is 1. The van der Waals surface area contributed by atoms with Gasteiger partial charge in [-0.05, 0) is 37.5 Å². The van der Waals surface area contributed by atoms with Gasteiger partial charge in [0.25, 0.3) is 5.91 Å². The number of H-pyrrole nitrogens is 1. The van der Waals surface area contributed by atoms with Gasteiger partial charge in [0.15, 0.2) is 0 Å². The lowest BCUT2D eigenvalue weighted by molar-refractivity contribution is 0.0718.